The van der Waals surface area contributed by atoms with Crippen LogP contribution in [0.5, 0.6) is 0 Å². The monoisotopic (exact) mass is 480 g/mol. The van der Waals surface area contributed by atoms with Gasteiger partial charge in [0.1, 0.15) is 11.7 Å². The summed E-state index contributed by atoms with van der Waals surface area (Å²) in [5, 5.41) is 19.7. The van der Waals surface area contributed by atoms with Crippen LogP contribution in [-0.2, 0) is 8.85 Å². The molecule has 1 atom stereocenters. The van der Waals surface area contributed by atoms with Crippen LogP contribution in [0.15, 0.2) is 0 Å². The van der Waals surface area contributed by atoms with E-state index in [1.165, 1.54) is 0 Å². The maximum absolute atomic E-state index is 9.70. The zero-order valence-electron chi connectivity index (χ0n) is 22.2. The number of hydrogen-bond donors (Lipinski definition) is 2. The molecule has 0 aromatic carbocycles. The summed E-state index contributed by atoms with van der Waals surface area (Å²) >= 11 is 0. The predicted octanol–water partition coefficient (Wildman–Crippen LogP) is 5.56. The third-order valence-corrected chi connectivity index (χ3v) is 17.1. The second kappa shape index (κ2) is 10.3. The lowest BCUT2D eigenvalue weighted by atomic mass is 9.72. The van der Waals surface area contributed by atoms with Gasteiger partial charge in [0.2, 0.25) is 0 Å². The molecule has 0 heterocycles. The fourth-order valence-electron chi connectivity index (χ4n) is 3.36. The highest BCUT2D eigenvalue weighted by atomic mass is 28.4. The summed E-state index contributed by atoms with van der Waals surface area (Å²) in [6, 6.07) is 0. The molecule has 0 aromatic heterocycles. The Morgan fingerprint density at radius 3 is 1.81 bits per heavy atom. The molecule has 0 saturated heterocycles. The second-order valence-corrected chi connectivity index (χ2v) is 22.4. The third-order valence-electron chi connectivity index (χ3n) is 8.02. The van der Waals surface area contributed by atoms with E-state index in [4.69, 9.17) is 21.7 Å². The molecule has 0 bridgehead atoms. The minimum atomic E-state index is -1.65. The van der Waals surface area contributed by atoms with Crippen LogP contribution in [0.4, 0.5) is 0 Å². The van der Waals surface area contributed by atoms with Gasteiger partial charge in [-0.2, -0.15) is 0 Å². The maximum Gasteiger partial charge on any atom is 0.192 e. The molecule has 2 saturated carbocycles. The Hall–Kier alpha value is -0.606. The van der Waals surface area contributed by atoms with Gasteiger partial charge in [-0.25, -0.2) is 0 Å². The SMILES string of the molecule is C#CC(O)C1CC(O[Si](C)(C)C(C)(C)C)C1.C#CC1(O)CC(CO[Si](C)(C)C(C)(C)C)C1. The highest BCUT2D eigenvalue weighted by Crippen LogP contribution is 2.43. The van der Waals surface area contributed by atoms with Crippen LogP contribution in [0, 0.1) is 36.5 Å². The first-order valence-corrected chi connectivity index (χ1v) is 17.7. The Labute approximate surface area is 200 Å². The highest BCUT2D eigenvalue weighted by molar-refractivity contribution is 6.74. The molecule has 0 aliphatic heterocycles. The molecule has 2 N–H and O–H groups in total. The van der Waals surface area contributed by atoms with Crippen molar-refractivity contribution in [1.82, 2.24) is 0 Å². The second-order valence-electron chi connectivity index (χ2n) is 12.9. The molecule has 0 aromatic rings. The molecule has 6 heteroatoms. The van der Waals surface area contributed by atoms with Gasteiger partial charge in [0.15, 0.2) is 16.6 Å². The number of aliphatic hydroxyl groups is 2. The van der Waals surface area contributed by atoms with E-state index in [-0.39, 0.29) is 16.0 Å². The zero-order valence-corrected chi connectivity index (χ0v) is 24.2. The van der Waals surface area contributed by atoms with Crippen molar-refractivity contribution in [3.05, 3.63) is 0 Å². The molecule has 2 rings (SSSR count). The van der Waals surface area contributed by atoms with Crippen molar-refractivity contribution in [3.8, 4) is 24.7 Å². The quantitative estimate of drug-likeness (QED) is 0.386. The van der Waals surface area contributed by atoms with E-state index >= 15 is 0 Å². The summed E-state index contributed by atoms with van der Waals surface area (Å²) in [7, 11) is -3.29. The first-order valence-electron chi connectivity index (χ1n) is 11.9. The molecule has 0 amide bonds. The Balaban J connectivity index is 0.000000320. The summed E-state index contributed by atoms with van der Waals surface area (Å²) < 4.78 is 12.3. The van der Waals surface area contributed by atoms with Gasteiger partial charge in [0.25, 0.3) is 0 Å². The maximum atomic E-state index is 9.70. The van der Waals surface area contributed by atoms with Crippen LogP contribution in [0.3, 0.4) is 0 Å². The molecule has 2 fully saturated rings. The van der Waals surface area contributed by atoms with Crippen LogP contribution in [0.2, 0.25) is 36.3 Å². The molecule has 2 aliphatic carbocycles. The van der Waals surface area contributed by atoms with E-state index in [1.54, 1.807) is 0 Å². The summed E-state index contributed by atoms with van der Waals surface area (Å²) in [6.07, 6.45) is 13.4. The molecule has 2 aliphatic rings. The van der Waals surface area contributed by atoms with Crippen LogP contribution >= 0.6 is 0 Å². The van der Waals surface area contributed by atoms with E-state index in [0.29, 0.717) is 24.9 Å². The Kier molecular flexibility index (Phi) is 9.51. The van der Waals surface area contributed by atoms with E-state index in [1.807, 2.05) is 0 Å². The van der Waals surface area contributed by atoms with Gasteiger partial charge in [-0.3, -0.25) is 0 Å². The fraction of sp³-hybridized carbons (Fsp3) is 0.846. The summed E-state index contributed by atoms with van der Waals surface area (Å²) in [6.45, 7) is 23.2. The summed E-state index contributed by atoms with van der Waals surface area (Å²) in [5.74, 6) is 5.53. The van der Waals surface area contributed by atoms with Crippen LogP contribution in [-0.4, -0.2) is 51.3 Å². The van der Waals surface area contributed by atoms with Gasteiger partial charge in [-0.15, -0.1) is 12.8 Å². The predicted molar refractivity (Wildman–Crippen MR) is 139 cm³/mol. The number of rotatable bonds is 6. The summed E-state index contributed by atoms with van der Waals surface area (Å²) in [4.78, 5) is 0. The van der Waals surface area contributed by atoms with E-state index in [9.17, 15) is 10.2 Å². The minimum absolute atomic E-state index is 0.249. The van der Waals surface area contributed by atoms with Gasteiger partial charge >= 0.3 is 0 Å². The first kappa shape index (κ1) is 29.4. The first-order chi connectivity index (χ1) is 14.3. The topological polar surface area (TPSA) is 58.9 Å². The van der Waals surface area contributed by atoms with Crippen molar-refractivity contribution in [1.29, 1.82) is 0 Å². The van der Waals surface area contributed by atoms with Crippen molar-refractivity contribution in [2.75, 3.05) is 6.61 Å². The molecule has 0 spiro atoms. The third kappa shape index (κ3) is 7.72. The fourth-order valence-corrected chi connectivity index (χ4v) is 5.83. The smallest absolute Gasteiger partial charge is 0.192 e. The van der Waals surface area contributed by atoms with Gasteiger partial charge in [-0.1, -0.05) is 53.4 Å². The molecule has 4 nitrogen and oxygen atoms in total. The van der Waals surface area contributed by atoms with Crippen molar-refractivity contribution in [2.24, 2.45) is 11.8 Å². The lowest BCUT2D eigenvalue weighted by Crippen LogP contribution is -2.49. The van der Waals surface area contributed by atoms with Gasteiger partial charge in [-0.05, 0) is 67.9 Å². The van der Waals surface area contributed by atoms with E-state index < -0.39 is 28.3 Å². The highest BCUT2D eigenvalue weighted by Gasteiger charge is 2.44. The van der Waals surface area contributed by atoms with Crippen LogP contribution in [0.1, 0.15) is 67.2 Å². The molecular weight excluding hydrogens is 432 g/mol. The lowest BCUT2D eigenvalue weighted by Gasteiger charge is -2.45. The number of terminal acetylenes is 2. The minimum Gasteiger partial charge on any atom is -0.417 e. The Morgan fingerprint density at radius 1 is 0.969 bits per heavy atom. The average molecular weight is 481 g/mol. The molecule has 0 radical (unpaired) electrons. The van der Waals surface area contributed by atoms with Gasteiger partial charge in [0, 0.05) is 18.6 Å². The van der Waals surface area contributed by atoms with Crippen molar-refractivity contribution < 1.29 is 19.1 Å². The zero-order chi connectivity index (χ0) is 25.2. The van der Waals surface area contributed by atoms with Crippen molar-refractivity contribution in [2.45, 2.75) is 121 Å². The number of hydrogen-bond acceptors (Lipinski definition) is 4. The molecule has 1 unspecified atom stereocenters. The molecular formula is C26H48O4Si2. The normalized spacial score (nSPS) is 29.4. The molecule has 184 valence electrons. The van der Waals surface area contributed by atoms with Gasteiger partial charge in [0.05, 0.1) is 0 Å². The van der Waals surface area contributed by atoms with Crippen LogP contribution < -0.4 is 0 Å². The Morgan fingerprint density at radius 2 is 1.44 bits per heavy atom. The van der Waals surface area contributed by atoms with Gasteiger partial charge < -0.3 is 19.1 Å². The largest absolute Gasteiger partial charge is 0.417 e. The van der Waals surface area contributed by atoms with Crippen molar-refractivity contribution in [3.63, 3.8) is 0 Å². The number of aliphatic hydroxyl groups excluding tert-OH is 1. The standard InChI is InChI=1S/2C13H24O2Si/c1-7-13(14)8-11(9-13)10-15-16(5,6)12(2,3)4;1-7-12(14)10-8-11(9-10)15-16(5,6)13(2,3)4/h1,11,14H,8-10H2,2-6H3;1,10-12,14H,8-9H2,2-6H3. The summed E-state index contributed by atoms with van der Waals surface area (Å²) in [5.41, 5.74) is -0.846. The molecule has 32 heavy (non-hydrogen) atoms. The van der Waals surface area contributed by atoms with Crippen LogP contribution in [0.25, 0.3) is 0 Å². The average Bonchev–Trinajstić information content (AvgIpc) is 2.58. The van der Waals surface area contributed by atoms with E-state index in [0.717, 1.165) is 19.4 Å². The van der Waals surface area contributed by atoms with E-state index in [2.05, 4.69) is 79.6 Å². The van der Waals surface area contributed by atoms with Crippen molar-refractivity contribution >= 4 is 16.6 Å². The Bertz CT molecular complexity index is 691. The lowest BCUT2D eigenvalue weighted by molar-refractivity contribution is -0.0388.